The molecule has 0 radical (unpaired) electrons. The summed E-state index contributed by atoms with van der Waals surface area (Å²) in [7, 11) is 1.57. The Morgan fingerprint density at radius 2 is 1.21 bits per heavy atom. The lowest BCUT2D eigenvalue weighted by Gasteiger charge is -2.43. The minimum absolute atomic E-state index is 0.130. The summed E-state index contributed by atoms with van der Waals surface area (Å²) in [6.45, 7) is 12.5. The molecule has 7 unspecified atom stereocenters. The van der Waals surface area contributed by atoms with Crippen LogP contribution < -0.4 is 33.2 Å². The minimum Gasteiger partial charge on any atom is -0.370 e. The lowest BCUT2D eigenvalue weighted by Crippen LogP contribution is -2.54. The molecule has 0 heterocycles. The molecule has 446 valence electrons. The predicted molar refractivity (Wildman–Crippen MR) is 328 cm³/mol. The van der Waals surface area contributed by atoms with Gasteiger partial charge in [0, 0.05) is 31.8 Å². The molecule has 82 heavy (non-hydrogen) atoms. The molecule has 3 saturated carbocycles. The van der Waals surface area contributed by atoms with Gasteiger partial charge in [0.25, 0.3) is 17.7 Å². The lowest BCUT2D eigenvalue weighted by atomic mass is 9.72. The number of ether oxygens (including phenoxy) is 3. The zero-order valence-corrected chi connectivity index (χ0v) is 50.2. The number of benzene rings is 5. The van der Waals surface area contributed by atoms with Crippen molar-refractivity contribution < 1.29 is 33.0 Å². The van der Waals surface area contributed by atoms with Crippen molar-refractivity contribution in [2.24, 2.45) is 40.9 Å². The first-order valence-electron chi connectivity index (χ1n) is 31.1. The summed E-state index contributed by atoms with van der Waals surface area (Å²) in [5, 5.41) is 14.2. The summed E-state index contributed by atoms with van der Waals surface area (Å²) in [6, 6.07) is 31.8. The van der Waals surface area contributed by atoms with E-state index >= 15 is 0 Å². The Balaban J connectivity index is 0.909. The number of halogens is 1. The summed E-state index contributed by atoms with van der Waals surface area (Å²) in [4.78, 5) is 42.3. The van der Waals surface area contributed by atoms with E-state index in [4.69, 9.17) is 31.4 Å². The van der Waals surface area contributed by atoms with E-state index in [9.17, 15) is 18.8 Å². The van der Waals surface area contributed by atoms with Crippen molar-refractivity contribution in [1.29, 1.82) is 0 Å². The zero-order valence-electron chi connectivity index (χ0n) is 50.2. The van der Waals surface area contributed by atoms with Crippen LogP contribution in [0, 0.1) is 29.5 Å². The Hall–Kier alpha value is -5.28. The third-order valence-electron chi connectivity index (χ3n) is 18.7. The van der Waals surface area contributed by atoms with E-state index in [0.29, 0.717) is 43.6 Å². The Labute approximate surface area is 488 Å². The van der Waals surface area contributed by atoms with Crippen LogP contribution in [0.25, 0.3) is 21.5 Å². The van der Waals surface area contributed by atoms with Gasteiger partial charge in [0.2, 0.25) is 0 Å². The van der Waals surface area contributed by atoms with Gasteiger partial charge in [-0.15, -0.1) is 0 Å². The van der Waals surface area contributed by atoms with Gasteiger partial charge >= 0.3 is 0 Å². The largest absolute Gasteiger partial charge is 0.370 e. The molecular formula is C69H97FN6O6. The van der Waals surface area contributed by atoms with Crippen LogP contribution in [0.4, 0.5) is 4.39 Å². The second-order valence-electron chi connectivity index (χ2n) is 25.6. The molecule has 0 bridgehead atoms. The molecule has 12 nitrogen and oxygen atoms in total. The summed E-state index contributed by atoms with van der Waals surface area (Å²) >= 11 is 0. The molecule has 13 heteroatoms. The summed E-state index contributed by atoms with van der Waals surface area (Å²) in [5.41, 5.74) is 24.6. The molecule has 3 aliphatic rings. The number of nitrogens with two attached hydrogens (primary N) is 3. The average Bonchev–Trinajstić information content (AvgIpc) is 3.62. The van der Waals surface area contributed by atoms with E-state index in [1.54, 1.807) is 19.2 Å². The number of carbonyl (C=O) groups is 3. The van der Waals surface area contributed by atoms with Gasteiger partial charge in [-0.2, -0.15) is 0 Å². The maximum absolute atomic E-state index is 15.0. The molecule has 0 aromatic heterocycles. The van der Waals surface area contributed by atoms with E-state index in [1.165, 1.54) is 42.3 Å². The van der Waals surface area contributed by atoms with Crippen molar-refractivity contribution in [3.8, 4) is 0 Å². The molecule has 0 saturated heterocycles. The van der Waals surface area contributed by atoms with E-state index in [2.05, 4.69) is 103 Å². The van der Waals surface area contributed by atoms with E-state index in [-0.39, 0.29) is 53.6 Å². The number of rotatable bonds is 26. The Morgan fingerprint density at radius 3 is 1.91 bits per heavy atom. The number of fused-ring (bicyclic) bond motifs is 2. The Morgan fingerprint density at radius 1 is 0.610 bits per heavy atom. The molecule has 0 spiro atoms. The molecule has 8 rings (SSSR count). The molecule has 5 aromatic carbocycles. The van der Waals surface area contributed by atoms with Crippen LogP contribution in [0.3, 0.4) is 0 Å². The van der Waals surface area contributed by atoms with Crippen molar-refractivity contribution >= 4 is 39.3 Å². The highest BCUT2D eigenvalue weighted by Gasteiger charge is 2.42. The maximum Gasteiger partial charge on any atom is 0.251 e. The Bertz CT molecular complexity index is 2860. The fourth-order valence-corrected chi connectivity index (χ4v) is 14.1. The highest BCUT2D eigenvalue weighted by molar-refractivity contribution is 5.91. The van der Waals surface area contributed by atoms with Crippen LogP contribution in [0.2, 0.25) is 0 Å². The molecular weight excluding hydrogens is 1030 g/mol. The second kappa shape index (κ2) is 29.5. The highest BCUT2D eigenvalue weighted by atomic mass is 19.1. The van der Waals surface area contributed by atoms with E-state index in [1.807, 2.05) is 32.9 Å². The highest BCUT2D eigenvalue weighted by Crippen LogP contribution is 2.44. The first-order valence-corrected chi connectivity index (χ1v) is 31.1. The van der Waals surface area contributed by atoms with Crippen LogP contribution in [0.5, 0.6) is 0 Å². The van der Waals surface area contributed by atoms with Crippen LogP contribution >= 0.6 is 0 Å². The van der Waals surface area contributed by atoms with Crippen LogP contribution in [0.1, 0.15) is 185 Å². The van der Waals surface area contributed by atoms with E-state index in [0.717, 1.165) is 103 Å². The fraction of sp³-hybridized carbons (Fsp3) is 0.580. The molecule has 3 fully saturated rings. The lowest BCUT2D eigenvalue weighted by molar-refractivity contribution is -0.158. The van der Waals surface area contributed by atoms with Crippen molar-refractivity contribution in [2.45, 2.75) is 217 Å². The maximum atomic E-state index is 15.0. The first kappa shape index (κ1) is 62.8. The number of amides is 3. The van der Waals surface area contributed by atoms with Crippen molar-refractivity contribution in [3.05, 3.63) is 131 Å². The van der Waals surface area contributed by atoms with Crippen LogP contribution in [-0.2, 0) is 35.0 Å². The summed E-state index contributed by atoms with van der Waals surface area (Å²) in [6.07, 6.45) is 13.7. The standard InChI is InChI=1S/C69H97FN6O6/c1-43(2)81-64(66(77)74-36-35-46-27-31-55(70)32-28-46)61(72)41-49-20-16-24-54(38-49)69(5,6)82-65(62(73)39-47-17-9-8-10-18-47)68(79)76-45(4)56-33-34-57(59-26-14-13-25-58(56)59)53-23-15-19-48(37-53)40-60(71)63(80-7)67(78)75-44(3)51-30-29-50-21-11-12-22-52(50)42-51/h11-14,21-22,25-34,42-45,47-49,53-54,60-65H,8-10,15-20,23-24,35-41,71-73H2,1-7H3,(H,74,77)(H,75,78)(H,76,79)/t44-,45-,48?,49?,53?,54?,60+,61+,62+,63?,64?,65?/m0/s1. The van der Waals surface area contributed by atoms with Gasteiger partial charge in [-0.1, -0.05) is 143 Å². The SMILES string of the molecule is COC(C(=O)N[C@@H](C)c1ccc2ccccc2c1)[C@H](N)CC1CCCC(c2ccc([C@H](C)NC(=O)C(OC(C)(C)C3CCCC(C[C@@H](N)C(OC(C)C)C(=O)NCCc4ccc(F)cc4)C3)[C@H](N)CC3CCCCC3)c3ccccc23)C1. The minimum atomic E-state index is -0.864. The van der Waals surface area contributed by atoms with Crippen molar-refractivity contribution in [3.63, 3.8) is 0 Å². The molecule has 3 amide bonds. The number of nitrogens with one attached hydrogen (secondary N) is 3. The normalized spacial score (nSPS) is 22.1. The number of methoxy groups -OCH3 is 1. The van der Waals surface area contributed by atoms with Gasteiger partial charge in [-0.25, -0.2) is 4.39 Å². The number of hydrogen-bond acceptors (Lipinski definition) is 9. The third kappa shape index (κ3) is 16.7. The second-order valence-corrected chi connectivity index (χ2v) is 25.6. The Kier molecular flexibility index (Phi) is 22.6. The summed E-state index contributed by atoms with van der Waals surface area (Å²) in [5.74, 6) is 0.532. The van der Waals surface area contributed by atoms with Gasteiger partial charge in [0.05, 0.1) is 23.8 Å². The van der Waals surface area contributed by atoms with Gasteiger partial charge in [0.1, 0.15) is 5.82 Å². The fourth-order valence-electron chi connectivity index (χ4n) is 14.1. The molecule has 9 N–H and O–H groups in total. The summed E-state index contributed by atoms with van der Waals surface area (Å²) < 4.78 is 32.6. The van der Waals surface area contributed by atoms with Crippen molar-refractivity contribution in [1.82, 2.24) is 16.0 Å². The topological polar surface area (TPSA) is 193 Å². The van der Waals surface area contributed by atoms with Crippen LogP contribution in [0.15, 0.2) is 103 Å². The zero-order chi connectivity index (χ0) is 58.5. The van der Waals surface area contributed by atoms with Crippen LogP contribution in [-0.4, -0.2) is 79.5 Å². The number of hydrogen-bond donors (Lipinski definition) is 6. The molecule has 12 atom stereocenters. The molecule has 5 aromatic rings. The van der Waals surface area contributed by atoms with Gasteiger partial charge in [-0.05, 0) is 184 Å². The van der Waals surface area contributed by atoms with Gasteiger partial charge in [-0.3, -0.25) is 14.4 Å². The predicted octanol–water partition coefficient (Wildman–Crippen LogP) is 12.3. The van der Waals surface area contributed by atoms with Gasteiger partial charge < -0.3 is 47.4 Å². The number of carbonyl (C=O) groups excluding carboxylic acids is 3. The average molecular weight is 1130 g/mol. The van der Waals surface area contributed by atoms with Gasteiger partial charge in [0.15, 0.2) is 18.3 Å². The molecule has 3 aliphatic carbocycles. The third-order valence-corrected chi connectivity index (χ3v) is 18.7. The monoisotopic (exact) mass is 1120 g/mol. The van der Waals surface area contributed by atoms with Crippen molar-refractivity contribution in [2.75, 3.05) is 13.7 Å². The smallest absolute Gasteiger partial charge is 0.251 e. The first-order chi connectivity index (χ1) is 39.4. The molecule has 0 aliphatic heterocycles. The quantitative estimate of drug-likeness (QED) is 0.0313. The van der Waals surface area contributed by atoms with E-state index < -0.39 is 42.0 Å².